The lowest BCUT2D eigenvalue weighted by Gasteiger charge is -2.23. The number of rotatable bonds is 6. The third-order valence-electron chi connectivity index (χ3n) is 3.37. The number of methoxy groups -OCH3 is 1. The summed E-state index contributed by atoms with van der Waals surface area (Å²) in [5.41, 5.74) is 0.366. The molecule has 0 saturated carbocycles. The molecule has 5 nitrogen and oxygen atoms in total. The van der Waals surface area contributed by atoms with Crippen molar-refractivity contribution in [3.8, 4) is 0 Å². The quantitative estimate of drug-likeness (QED) is 0.754. The molecule has 1 aliphatic heterocycles. The van der Waals surface area contributed by atoms with Gasteiger partial charge < -0.3 is 14.2 Å². The summed E-state index contributed by atoms with van der Waals surface area (Å²) in [6.07, 6.45) is 3.98. The molecule has 1 aromatic rings. The lowest BCUT2D eigenvalue weighted by atomic mass is 10.1. The first kappa shape index (κ1) is 14.3. The van der Waals surface area contributed by atoms with Gasteiger partial charge >= 0.3 is 0 Å². The Bertz CT molecular complexity index is 422. The van der Waals surface area contributed by atoms with Crippen LogP contribution < -0.4 is 0 Å². The van der Waals surface area contributed by atoms with Gasteiger partial charge in [0.15, 0.2) is 11.5 Å². The van der Waals surface area contributed by atoms with E-state index in [1.807, 2.05) is 4.90 Å². The number of hydrogen-bond donors (Lipinski definition) is 0. The van der Waals surface area contributed by atoms with E-state index in [2.05, 4.69) is 5.16 Å². The van der Waals surface area contributed by atoms with E-state index in [4.69, 9.17) is 20.9 Å². The first-order chi connectivity index (χ1) is 9.26. The maximum absolute atomic E-state index is 12.4. The highest BCUT2D eigenvalue weighted by Crippen LogP contribution is 2.23. The monoisotopic (exact) mass is 286 g/mol. The standard InChI is InChI=1S/C13H19ClN2O3/c1-18-9-11-8-12(15-19-11)13(17)16-7-3-5-10(16)4-2-6-14/h8,10H,2-7,9H2,1H3. The Kier molecular flexibility index (Phi) is 5.22. The largest absolute Gasteiger partial charge is 0.377 e. The van der Waals surface area contributed by atoms with Crippen molar-refractivity contribution in [3.05, 3.63) is 17.5 Å². The Morgan fingerprint density at radius 3 is 3.26 bits per heavy atom. The minimum Gasteiger partial charge on any atom is -0.377 e. The summed E-state index contributed by atoms with van der Waals surface area (Å²) in [6.45, 7) is 1.12. The van der Waals surface area contributed by atoms with Crippen molar-refractivity contribution >= 4 is 17.5 Å². The van der Waals surface area contributed by atoms with Gasteiger partial charge in [-0.1, -0.05) is 5.16 Å². The molecule has 0 aliphatic carbocycles. The molecule has 1 unspecified atom stereocenters. The van der Waals surface area contributed by atoms with E-state index in [1.54, 1.807) is 13.2 Å². The van der Waals surface area contributed by atoms with E-state index < -0.39 is 0 Å². The van der Waals surface area contributed by atoms with Crippen LogP contribution in [0.5, 0.6) is 0 Å². The highest BCUT2D eigenvalue weighted by Gasteiger charge is 2.30. The number of halogens is 1. The normalized spacial score (nSPS) is 19.1. The van der Waals surface area contributed by atoms with Crippen molar-refractivity contribution in [2.45, 2.75) is 38.3 Å². The molecule has 2 heterocycles. The number of alkyl halides is 1. The fourth-order valence-electron chi connectivity index (χ4n) is 2.49. The zero-order chi connectivity index (χ0) is 13.7. The topological polar surface area (TPSA) is 55.6 Å². The van der Waals surface area contributed by atoms with Gasteiger partial charge in [0, 0.05) is 31.6 Å². The predicted octanol–water partition coefficient (Wildman–Crippen LogP) is 2.44. The van der Waals surface area contributed by atoms with E-state index in [0.29, 0.717) is 23.9 Å². The number of hydrogen-bond acceptors (Lipinski definition) is 4. The molecule has 0 bridgehead atoms. The van der Waals surface area contributed by atoms with Crippen molar-refractivity contribution < 1.29 is 14.1 Å². The number of carbonyl (C=O) groups is 1. The van der Waals surface area contributed by atoms with Crippen molar-refractivity contribution in [3.63, 3.8) is 0 Å². The molecule has 0 spiro atoms. The first-order valence-corrected chi connectivity index (χ1v) is 7.11. The van der Waals surface area contributed by atoms with E-state index in [1.165, 1.54) is 0 Å². The smallest absolute Gasteiger partial charge is 0.276 e. The van der Waals surface area contributed by atoms with Crippen molar-refractivity contribution in [1.82, 2.24) is 10.1 Å². The van der Waals surface area contributed by atoms with Gasteiger partial charge in [-0.2, -0.15) is 0 Å². The summed E-state index contributed by atoms with van der Waals surface area (Å²) in [6, 6.07) is 1.94. The zero-order valence-corrected chi connectivity index (χ0v) is 11.9. The number of amides is 1. The molecule has 2 rings (SSSR count). The Balaban J connectivity index is 2.00. The summed E-state index contributed by atoms with van der Waals surface area (Å²) >= 11 is 5.72. The maximum Gasteiger partial charge on any atom is 0.276 e. The molecule has 1 aromatic heterocycles. The van der Waals surface area contributed by atoms with Crippen LogP contribution in [0.25, 0.3) is 0 Å². The Hall–Kier alpha value is -1.07. The second kappa shape index (κ2) is 6.91. The lowest BCUT2D eigenvalue weighted by Crippen LogP contribution is -2.35. The SMILES string of the molecule is COCc1cc(C(=O)N2CCCC2CCCCl)no1. The molecule has 1 amide bonds. The number of carbonyl (C=O) groups excluding carboxylic acids is 1. The molecule has 0 N–H and O–H groups in total. The molecule has 0 radical (unpaired) electrons. The molecule has 1 saturated heterocycles. The first-order valence-electron chi connectivity index (χ1n) is 6.57. The minimum absolute atomic E-state index is 0.0526. The number of ether oxygens (including phenoxy) is 1. The summed E-state index contributed by atoms with van der Waals surface area (Å²) in [4.78, 5) is 14.3. The van der Waals surface area contributed by atoms with Gasteiger partial charge in [-0.05, 0) is 25.7 Å². The molecular formula is C13H19ClN2O3. The minimum atomic E-state index is -0.0526. The summed E-state index contributed by atoms with van der Waals surface area (Å²) in [5, 5.41) is 3.82. The molecule has 106 valence electrons. The molecule has 19 heavy (non-hydrogen) atoms. The van der Waals surface area contributed by atoms with Gasteiger partial charge in [0.2, 0.25) is 0 Å². The van der Waals surface area contributed by atoms with E-state index in [0.717, 1.165) is 32.2 Å². The van der Waals surface area contributed by atoms with E-state index >= 15 is 0 Å². The van der Waals surface area contributed by atoms with Gasteiger partial charge in [0.05, 0.1) is 0 Å². The Morgan fingerprint density at radius 2 is 2.53 bits per heavy atom. The van der Waals surface area contributed by atoms with Crippen LogP contribution in [0.2, 0.25) is 0 Å². The highest BCUT2D eigenvalue weighted by atomic mass is 35.5. The highest BCUT2D eigenvalue weighted by molar-refractivity contribution is 6.17. The van der Waals surface area contributed by atoms with Crippen LogP contribution >= 0.6 is 11.6 Å². The number of nitrogens with zero attached hydrogens (tertiary/aromatic N) is 2. The van der Waals surface area contributed by atoms with Crippen LogP contribution in [0, 0.1) is 0 Å². The van der Waals surface area contributed by atoms with Gasteiger partial charge in [0.1, 0.15) is 6.61 Å². The average molecular weight is 287 g/mol. The molecule has 0 aromatic carbocycles. The third kappa shape index (κ3) is 3.48. The van der Waals surface area contributed by atoms with Crippen LogP contribution in [0.15, 0.2) is 10.6 Å². The van der Waals surface area contributed by atoms with Gasteiger partial charge in [0.25, 0.3) is 5.91 Å². The number of aromatic nitrogens is 1. The fourth-order valence-corrected chi connectivity index (χ4v) is 2.64. The summed E-state index contributed by atoms with van der Waals surface area (Å²) in [5.74, 6) is 1.16. The third-order valence-corrected chi connectivity index (χ3v) is 3.64. The van der Waals surface area contributed by atoms with Gasteiger partial charge in [-0.15, -0.1) is 11.6 Å². The van der Waals surface area contributed by atoms with Crippen LogP contribution in [-0.4, -0.2) is 41.5 Å². The van der Waals surface area contributed by atoms with Crippen LogP contribution in [0.4, 0.5) is 0 Å². The second-order valence-electron chi connectivity index (χ2n) is 4.74. The van der Waals surface area contributed by atoms with E-state index in [9.17, 15) is 4.79 Å². The van der Waals surface area contributed by atoms with Gasteiger partial charge in [-0.25, -0.2) is 0 Å². The van der Waals surface area contributed by atoms with Crippen LogP contribution in [0.3, 0.4) is 0 Å². The average Bonchev–Trinajstić information content (AvgIpc) is 3.04. The number of likely N-dealkylation sites (tertiary alicyclic amines) is 1. The van der Waals surface area contributed by atoms with Crippen LogP contribution in [-0.2, 0) is 11.3 Å². The van der Waals surface area contributed by atoms with Gasteiger partial charge in [-0.3, -0.25) is 4.79 Å². The second-order valence-corrected chi connectivity index (χ2v) is 5.12. The van der Waals surface area contributed by atoms with Crippen molar-refractivity contribution in [2.24, 2.45) is 0 Å². The predicted molar refractivity (Wildman–Crippen MR) is 71.2 cm³/mol. The molecule has 1 atom stereocenters. The van der Waals surface area contributed by atoms with Crippen LogP contribution in [0.1, 0.15) is 41.9 Å². The van der Waals surface area contributed by atoms with Crippen molar-refractivity contribution in [1.29, 1.82) is 0 Å². The fraction of sp³-hybridized carbons (Fsp3) is 0.692. The molecule has 6 heteroatoms. The Morgan fingerprint density at radius 1 is 1.68 bits per heavy atom. The molecule has 1 fully saturated rings. The maximum atomic E-state index is 12.4. The molecular weight excluding hydrogens is 268 g/mol. The summed E-state index contributed by atoms with van der Waals surface area (Å²) < 4.78 is 10.0. The van der Waals surface area contributed by atoms with Crippen molar-refractivity contribution in [2.75, 3.05) is 19.5 Å². The molecule has 1 aliphatic rings. The lowest BCUT2D eigenvalue weighted by molar-refractivity contribution is 0.0719. The van der Waals surface area contributed by atoms with E-state index in [-0.39, 0.29) is 11.9 Å². The zero-order valence-electron chi connectivity index (χ0n) is 11.1. The summed E-state index contributed by atoms with van der Waals surface area (Å²) in [7, 11) is 1.58. The Labute approximate surface area is 117 Å².